The van der Waals surface area contributed by atoms with Crippen LogP contribution in [0.2, 0.25) is 5.02 Å². The van der Waals surface area contributed by atoms with Crippen molar-refractivity contribution in [3.05, 3.63) is 59.1 Å². The molecule has 120 valence electrons. The minimum atomic E-state index is -0.833. The van der Waals surface area contributed by atoms with E-state index in [9.17, 15) is 0 Å². The monoisotopic (exact) mass is 331 g/mol. The van der Waals surface area contributed by atoms with Crippen molar-refractivity contribution >= 4 is 29.6 Å². The molecule has 0 aliphatic carbocycles. The van der Waals surface area contributed by atoms with Crippen molar-refractivity contribution in [2.24, 2.45) is 10.7 Å². The number of benzene rings is 2. The van der Waals surface area contributed by atoms with E-state index in [1.165, 1.54) is 0 Å². The third kappa shape index (κ3) is 7.24. The van der Waals surface area contributed by atoms with Gasteiger partial charge in [0.1, 0.15) is 5.84 Å². The smallest absolute Gasteiger partial charge is 0.300 e. The van der Waals surface area contributed by atoms with Gasteiger partial charge in [0.2, 0.25) is 0 Å². The van der Waals surface area contributed by atoms with Crippen molar-refractivity contribution < 1.29 is 9.90 Å². The summed E-state index contributed by atoms with van der Waals surface area (Å²) in [4.78, 5) is 13.0. The van der Waals surface area contributed by atoms with Gasteiger partial charge in [-0.3, -0.25) is 15.2 Å². The Balaban J connectivity index is 0.000000593. The SMILES string of the molecule is CC(=O)O.N=C(N)CN=Cc1ccc(-c2ccccc2)cc1Cl. The molecule has 0 saturated heterocycles. The number of carboxylic acids is 1. The van der Waals surface area contributed by atoms with E-state index in [0.29, 0.717) is 5.02 Å². The summed E-state index contributed by atoms with van der Waals surface area (Å²) in [6.45, 7) is 1.27. The molecule has 0 saturated carbocycles. The van der Waals surface area contributed by atoms with E-state index in [4.69, 9.17) is 32.6 Å². The first-order chi connectivity index (χ1) is 10.9. The van der Waals surface area contributed by atoms with Gasteiger partial charge in [0.05, 0.1) is 6.54 Å². The summed E-state index contributed by atoms with van der Waals surface area (Å²) >= 11 is 6.22. The van der Waals surface area contributed by atoms with E-state index in [0.717, 1.165) is 23.6 Å². The number of carbonyl (C=O) groups is 1. The molecule has 0 atom stereocenters. The van der Waals surface area contributed by atoms with E-state index < -0.39 is 5.97 Å². The zero-order valence-electron chi connectivity index (χ0n) is 12.7. The molecular formula is C17H18ClN3O2. The van der Waals surface area contributed by atoms with Gasteiger partial charge in [-0.05, 0) is 17.2 Å². The summed E-state index contributed by atoms with van der Waals surface area (Å²) in [5.74, 6) is -0.798. The lowest BCUT2D eigenvalue weighted by Gasteiger charge is -2.04. The van der Waals surface area contributed by atoms with Crippen molar-refractivity contribution in [1.82, 2.24) is 0 Å². The second-order valence-electron chi connectivity index (χ2n) is 4.62. The molecule has 0 spiro atoms. The van der Waals surface area contributed by atoms with Gasteiger partial charge in [0.15, 0.2) is 0 Å². The minimum Gasteiger partial charge on any atom is -0.481 e. The molecule has 2 rings (SSSR count). The van der Waals surface area contributed by atoms with Crippen LogP contribution in [0, 0.1) is 5.41 Å². The number of nitrogens with zero attached hydrogens (tertiary/aromatic N) is 1. The average molecular weight is 332 g/mol. The van der Waals surface area contributed by atoms with Gasteiger partial charge in [-0.25, -0.2) is 0 Å². The highest BCUT2D eigenvalue weighted by Gasteiger charge is 2.01. The third-order valence-electron chi connectivity index (χ3n) is 2.60. The van der Waals surface area contributed by atoms with Crippen molar-refractivity contribution in [2.45, 2.75) is 6.92 Å². The number of aliphatic imine (C=N–C) groups is 1. The Morgan fingerprint density at radius 2 is 1.87 bits per heavy atom. The normalized spacial score (nSPS) is 10.0. The molecule has 4 N–H and O–H groups in total. The van der Waals surface area contributed by atoms with Crippen molar-refractivity contribution in [1.29, 1.82) is 5.41 Å². The number of nitrogens with two attached hydrogens (primary N) is 1. The molecule has 0 aliphatic heterocycles. The summed E-state index contributed by atoms with van der Waals surface area (Å²) in [5.41, 5.74) is 8.24. The highest BCUT2D eigenvalue weighted by Crippen LogP contribution is 2.24. The lowest BCUT2D eigenvalue weighted by molar-refractivity contribution is -0.134. The number of halogens is 1. The van der Waals surface area contributed by atoms with E-state index in [1.807, 2.05) is 48.5 Å². The van der Waals surface area contributed by atoms with E-state index >= 15 is 0 Å². The third-order valence-corrected chi connectivity index (χ3v) is 2.93. The molecule has 2 aromatic carbocycles. The standard InChI is InChI=1S/C15H14ClN3.C2H4O2/c16-14-8-12(11-4-2-1-3-5-11)6-7-13(14)9-19-10-15(17)18;1-2(3)4/h1-9H,10H2,(H3,17,18);1H3,(H,3,4). The predicted octanol–water partition coefficient (Wildman–Crippen LogP) is 3.45. The summed E-state index contributed by atoms with van der Waals surface area (Å²) < 4.78 is 0. The molecule has 23 heavy (non-hydrogen) atoms. The van der Waals surface area contributed by atoms with Gasteiger partial charge in [-0.15, -0.1) is 0 Å². The first-order valence-corrected chi connectivity index (χ1v) is 7.15. The summed E-state index contributed by atoms with van der Waals surface area (Å²) in [6, 6.07) is 15.9. The Bertz CT molecular complexity index is 696. The Morgan fingerprint density at radius 3 is 2.39 bits per heavy atom. The van der Waals surface area contributed by atoms with Crippen LogP contribution in [0.4, 0.5) is 0 Å². The summed E-state index contributed by atoms with van der Waals surface area (Å²) in [7, 11) is 0. The van der Waals surface area contributed by atoms with Crippen LogP contribution >= 0.6 is 11.6 Å². The summed E-state index contributed by atoms with van der Waals surface area (Å²) in [6.07, 6.45) is 1.64. The fraction of sp³-hybridized carbons (Fsp3) is 0.118. The predicted molar refractivity (Wildman–Crippen MR) is 94.6 cm³/mol. The molecular weight excluding hydrogens is 314 g/mol. The number of nitrogens with one attached hydrogen (secondary N) is 1. The first kappa shape index (κ1) is 18.4. The van der Waals surface area contributed by atoms with Gasteiger partial charge in [-0.2, -0.15) is 0 Å². The molecule has 0 fully saturated rings. The quantitative estimate of drug-likeness (QED) is 0.591. The van der Waals surface area contributed by atoms with Crippen molar-refractivity contribution in [3.63, 3.8) is 0 Å². The highest BCUT2D eigenvalue weighted by atomic mass is 35.5. The fourth-order valence-corrected chi connectivity index (χ4v) is 1.91. The van der Waals surface area contributed by atoms with E-state index in [2.05, 4.69) is 4.99 Å². The van der Waals surface area contributed by atoms with Crippen LogP contribution in [0.3, 0.4) is 0 Å². The average Bonchev–Trinajstić information content (AvgIpc) is 2.49. The lowest BCUT2D eigenvalue weighted by Crippen LogP contribution is -2.13. The van der Waals surface area contributed by atoms with Crippen LogP contribution in [-0.2, 0) is 4.79 Å². The molecule has 0 unspecified atom stereocenters. The van der Waals surface area contributed by atoms with Gasteiger partial charge in [-0.1, -0.05) is 54.1 Å². The zero-order valence-corrected chi connectivity index (χ0v) is 13.4. The molecule has 5 nitrogen and oxygen atoms in total. The maximum absolute atomic E-state index is 9.00. The number of amidine groups is 1. The second kappa shape index (κ2) is 9.38. The lowest BCUT2D eigenvalue weighted by atomic mass is 10.0. The molecule has 0 bridgehead atoms. The van der Waals surface area contributed by atoms with Gasteiger partial charge in [0, 0.05) is 23.7 Å². The van der Waals surface area contributed by atoms with E-state index in [1.54, 1.807) is 6.21 Å². The Morgan fingerprint density at radius 1 is 1.26 bits per heavy atom. The molecule has 0 amide bonds. The molecule has 2 aromatic rings. The number of carboxylic acid groups (broad SMARTS) is 1. The van der Waals surface area contributed by atoms with Crippen LogP contribution in [0.25, 0.3) is 11.1 Å². The Hall–Kier alpha value is -2.66. The maximum atomic E-state index is 9.00. The van der Waals surface area contributed by atoms with Crippen LogP contribution in [0.5, 0.6) is 0 Å². The fourth-order valence-electron chi connectivity index (χ4n) is 1.68. The van der Waals surface area contributed by atoms with E-state index in [-0.39, 0.29) is 12.4 Å². The molecule has 0 radical (unpaired) electrons. The first-order valence-electron chi connectivity index (χ1n) is 6.77. The number of rotatable bonds is 4. The van der Waals surface area contributed by atoms with Crippen LogP contribution in [0.15, 0.2) is 53.5 Å². The molecule has 0 heterocycles. The highest BCUT2D eigenvalue weighted by molar-refractivity contribution is 6.33. The van der Waals surface area contributed by atoms with Gasteiger partial charge >= 0.3 is 0 Å². The largest absolute Gasteiger partial charge is 0.481 e. The molecule has 6 heteroatoms. The zero-order chi connectivity index (χ0) is 17.2. The Labute approximate surface area is 139 Å². The minimum absolute atomic E-state index is 0.0354. The van der Waals surface area contributed by atoms with Gasteiger partial charge < -0.3 is 10.8 Å². The van der Waals surface area contributed by atoms with Crippen molar-refractivity contribution in [3.8, 4) is 11.1 Å². The number of hydrogen-bond acceptors (Lipinski definition) is 3. The second-order valence-corrected chi connectivity index (χ2v) is 5.02. The van der Waals surface area contributed by atoms with Crippen molar-refractivity contribution in [2.75, 3.05) is 6.54 Å². The van der Waals surface area contributed by atoms with Gasteiger partial charge in [0.25, 0.3) is 5.97 Å². The van der Waals surface area contributed by atoms with Crippen LogP contribution < -0.4 is 5.73 Å². The topological polar surface area (TPSA) is 99.5 Å². The molecule has 0 aromatic heterocycles. The molecule has 0 aliphatic rings. The van der Waals surface area contributed by atoms with Crippen LogP contribution in [0.1, 0.15) is 12.5 Å². The number of aliphatic carboxylic acids is 1. The number of hydrogen-bond donors (Lipinski definition) is 3. The summed E-state index contributed by atoms with van der Waals surface area (Å²) in [5, 5.41) is 15.1. The maximum Gasteiger partial charge on any atom is 0.300 e. The Kier molecular flexibility index (Phi) is 7.50. The van der Waals surface area contributed by atoms with Crippen LogP contribution in [-0.4, -0.2) is 29.7 Å².